The molecule has 0 bridgehead atoms. The van der Waals surface area contributed by atoms with Crippen LogP contribution in [0.3, 0.4) is 0 Å². The fraction of sp³-hybridized carbons (Fsp3) is 0.714. The SMILES string of the molecule is C.C[C@H](CCC(=O)O)[C@H]1CC[C@H]2C3[C@H](O)C[C@@H]4C[C@H](O)CC[C@]4(C)[C@H]3C[C@H](O)[C@]12C.Cc1cc(=O)oc2cc(N)ccc12.Cc1cc(=O)oc2cc(NC(=O)CC[C@@H](C)[C@H]3CC[C@H]4C5[C@H](O)C[C@@H]6C[C@H](O)CC[C@]6(C)[C@H]5C[C@H](O)[C@]34C)ccc12.[2H]CF. The van der Waals surface area contributed by atoms with Crippen LogP contribution in [-0.2, 0) is 9.59 Å². The first-order chi connectivity index (χ1) is 40.6. The number of nitrogens with one attached hydrogen (secondary N) is 1. The largest absolute Gasteiger partial charge is 0.481 e. The molecule has 0 aliphatic heterocycles. The van der Waals surface area contributed by atoms with E-state index in [1.165, 1.54) is 12.1 Å². The number of aliphatic carboxylic acids is 1. The molecule has 478 valence electrons. The minimum absolute atomic E-state index is 0. The smallest absolute Gasteiger partial charge is 0.336 e. The third-order valence-corrected chi connectivity index (χ3v) is 24.9. The third-order valence-electron chi connectivity index (χ3n) is 24.9. The van der Waals surface area contributed by atoms with E-state index in [1.54, 1.807) is 18.2 Å². The molecule has 2 heterocycles. The quantitative estimate of drug-likeness (QED) is 0.0557. The molecule has 15 nitrogen and oxygen atoms in total. The molecule has 0 spiro atoms. The number of alkyl halides is 1. The van der Waals surface area contributed by atoms with E-state index >= 15 is 0 Å². The van der Waals surface area contributed by atoms with Crippen LogP contribution in [0.2, 0.25) is 0 Å². The van der Waals surface area contributed by atoms with Crippen molar-refractivity contribution >= 4 is 45.2 Å². The zero-order chi connectivity index (χ0) is 62.5. The molecule has 8 aliphatic carbocycles. The number of nitrogens with two attached hydrogens (primary N) is 1. The predicted octanol–water partition coefficient (Wildman–Crippen LogP) is 11.8. The molecule has 4 aromatic rings. The number of rotatable bonds is 9. The van der Waals surface area contributed by atoms with Gasteiger partial charge in [-0.2, -0.15) is 0 Å². The minimum Gasteiger partial charge on any atom is -0.481 e. The van der Waals surface area contributed by atoms with E-state index in [4.69, 9.17) is 21.0 Å². The monoisotopic (exact) mass is 1200 g/mol. The maximum Gasteiger partial charge on any atom is 0.336 e. The summed E-state index contributed by atoms with van der Waals surface area (Å²) < 4.78 is 25.8. The Morgan fingerprint density at radius 1 is 0.640 bits per heavy atom. The number of hydrogen-bond acceptors (Lipinski definition) is 13. The van der Waals surface area contributed by atoms with Crippen LogP contribution >= 0.6 is 0 Å². The van der Waals surface area contributed by atoms with E-state index in [9.17, 15) is 54.2 Å². The van der Waals surface area contributed by atoms with Gasteiger partial charge in [0.15, 0.2) is 0 Å². The molecule has 8 aliphatic rings. The Morgan fingerprint density at radius 3 is 1.52 bits per heavy atom. The maximum atomic E-state index is 12.9. The number of fused-ring (bicyclic) bond motifs is 12. The van der Waals surface area contributed by atoms with Crippen molar-refractivity contribution in [2.75, 3.05) is 18.2 Å². The summed E-state index contributed by atoms with van der Waals surface area (Å²) in [5.74, 6) is 2.54. The van der Waals surface area contributed by atoms with Gasteiger partial charge >= 0.3 is 17.2 Å². The van der Waals surface area contributed by atoms with Crippen molar-refractivity contribution in [3.8, 4) is 0 Å². The topological polar surface area (TPSA) is 274 Å². The van der Waals surface area contributed by atoms with E-state index in [1.807, 2.05) is 32.0 Å². The zero-order valence-electron chi connectivity index (χ0n) is 52.5. The number of carboxylic acid groups (broad SMARTS) is 1. The number of anilines is 2. The van der Waals surface area contributed by atoms with Gasteiger partial charge in [0.05, 0.1) is 45.1 Å². The van der Waals surface area contributed by atoms with Crippen LogP contribution in [-0.4, -0.2) is 91.4 Å². The fourth-order valence-electron chi connectivity index (χ4n) is 20.3. The number of carbonyl (C=O) groups excluding carboxylic acids is 1. The molecule has 0 radical (unpaired) electrons. The summed E-state index contributed by atoms with van der Waals surface area (Å²) in [5.41, 5.74) is 8.44. The Bertz CT molecular complexity index is 3170. The number of amides is 1. The predicted molar refractivity (Wildman–Crippen MR) is 334 cm³/mol. The normalized spacial score (nSPS) is 39.1. The van der Waals surface area contributed by atoms with Gasteiger partial charge in [-0.1, -0.05) is 49.0 Å². The van der Waals surface area contributed by atoms with Gasteiger partial charge < -0.3 is 55.6 Å². The Labute approximate surface area is 509 Å². The Kier molecular flexibility index (Phi) is 20.2. The number of benzene rings is 2. The maximum absolute atomic E-state index is 12.9. The molecule has 86 heavy (non-hydrogen) atoms. The van der Waals surface area contributed by atoms with Gasteiger partial charge in [-0.25, -0.2) is 9.59 Å². The van der Waals surface area contributed by atoms with Gasteiger partial charge in [-0.15, -0.1) is 0 Å². The Morgan fingerprint density at radius 2 is 1.07 bits per heavy atom. The second-order valence-corrected chi connectivity index (χ2v) is 29.0. The number of nitrogen functional groups attached to an aromatic ring is 1. The molecule has 16 heteroatoms. The number of carbonyl (C=O) groups is 2. The van der Waals surface area contributed by atoms with Gasteiger partial charge in [-0.3, -0.25) is 14.0 Å². The van der Waals surface area contributed by atoms with Crippen molar-refractivity contribution < 1.29 is 59.9 Å². The summed E-state index contributed by atoms with van der Waals surface area (Å²) in [4.78, 5) is 46.8. The molecule has 2 aromatic carbocycles. The fourth-order valence-corrected chi connectivity index (χ4v) is 20.3. The number of aryl methyl sites for hydroxylation is 2. The second kappa shape index (κ2) is 26.4. The van der Waals surface area contributed by atoms with E-state index < -0.39 is 31.0 Å². The van der Waals surface area contributed by atoms with Crippen LogP contribution in [0, 0.1) is 107 Å². The Hall–Kier alpha value is -4.71. The number of aliphatic hydroxyl groups excluding tert-OH is 6. The molecule has 0 saturated heterocycles. The summed E-state index contributed by atoms with van der Waals surface area (Å²) >= 11 is 0. The molecule has 1 amide bonds. The lowest BCUT2D eigenvalue weighted by Crippen LogP contribution is -2.62. The second-order valence-electron chi connectivity index (χ2n) is 29.0. The molecule has 8 saturated carbocycles. The van der Waals surface area contributed by atoms with E-state index in [2.05, 4.69) is 46.9 Å². The molecule has 2 aromatic heterocycles. The Balaban J connectivity index is 0.000000184. The summed E-state index contributed by atoms with van der Waals surface area (Å²) in [7, 11) is -1.00. The van der Waals surface area contributed by atoms with Gasteiger partial charge in [-0.05, 0) is 245 Å². The van der Waals surface area contributed by atoms with Crippen molar-refractivity contribution in [3.05, 3.63) is 80.5 Å². The number of carboxylic acids is 1. The van der Waals surface area contributed by atoms with Crippen molar-refractivity contribution in [1.82, 2.24) is 0 Å². The van der Waals surface area contributed by atoms with Gasteiger partial charge in [0, 0.05) is 59.3 Å². The van der Waals surface area contributed by atoms with Crippen molar-refractivity contribution in [2.45, 2.75) is 215 Å². The highest BCUT2D eigenvalue weighted by Crippen LogP contribution is 2.70. The van der Waals surface area contributed by atoms with E-state index in [0.717, 1.165) is 118 Å². The van der Waals surface area contributed by atoms with Crippen molar-refractivity contribution in [1.29, 1.82) is 0 Å². The highest BCUT2D eigenvalue weighted by Gasteiger charge is 2.67. The lowest BCUT2D eigenvalue weighted by atomic mass is 9.43. The van der Waals surface area contributed by atoms with Crippen LogP contribution in [0.15, 0.2) is 67.0 Å². The molecular formula is C70H103FN2O13. The molecule has 2 unspecified atom stereocenters. The van der Waals surface area contributed by atoms with Gasteiger partial charge in [0.1, 0.15) is 11.2 Å². The molecule has 8 fully saturated rings. The summed E-state index contributed by atoms with van der Waals surface area (Å²) in [6.45, 7) is 17.3. The molecule has 10 N–H and O–H groups in total. The summed E-state index contributed by atoms with van der Waals surface area (Å²) in [6, 6.07) is 13.6. The van der Waals surface area contributed by atoms with Crippen LogP contribution < -0.4 is 22.3 Å². The average molecular weight is 1200 g/mol. The molecular weight excluding hydrogens is 1100 g/mol. The van der Waals surface area contributed by atoms with E-state index in [-0.39, 0.29) is 107 Å². The lowest BCUT2D eigenvalue weighted by molar-refractivity contribution is -0.207. The van der Waals surface area contributed by atoms with Gasteiger partial charge in [0.25, 0.3) is 0 Å². The van der Waals surface area contributed by atoms with Crippen LogP contribution in [0.25, 0.3) is 21.9 Å². The third kappa shape index (κ3) is 12.5. The zero-order valence-corrected chi connectivity index (χ0v) is 51.5. The van der Waals surface area contributed by atoms with E-state index in [0.29, 0.717) is 70.9 Å². The van der Waals surface area contributed by atoms with Crippen molar-refractivity contribution in [3.63, 3.8) is 0 Å². The van der Waals surface area contributed by atoms with Crippen LogP contribution in [0.5, 0.6) is 0 Å². The summed E-state index contributed by atoms with van der Waals surface area (Å²) in [5, 5.41) is 80.4. The minimum atomic E-state index is -1.00. The summed E-state index contributed by atoms with van der Waals surface area (Å²) in [6.07, 6.45) is 12.1. The first-order valence-electron chi connectivity index (χ1n) is 32.6. The lowest BCUT2D eigenvalue weighted by Gasteiger charge is -2.63. The van der Waals surface area contributed by atoms with Crippen LogP contribution in [0.1, 0.15) is 177 Å². The van der Waals surface area contributed by atoms with Gasteiger partial charge in [0.2, 0.25) is 5.91 Å². The number of halogens is 1. The first-order valence-corrected chi connectivity index (χ1v) is 31.9. The highest BCUT2D eigenvalue weighted by atomic mass is 19.1. The molecule has 22 atom stereocenters. The standard InChI is InChI=1S/C34H47NO6.C24H40O5.C10H9NO2.CH3F.CH4/c1-18(5-10-30(39)35-21-6-7-23-19(2)13-31(40)41-28(23)16-21)24-8-9-25-32-26(17-29(38)34(24,25)4)33(3)12-11-22(36)14-20(33)15-27(32)37;1-13(4-7-21(28)29)16-5-6-17-22-18(12-20(27)24(16,17)3)23(2)9-8-15(25)10-14(23)11-19(22)26;1-6-4-10(12)13-9-5-7(11)2-3-8(6)9;1-2;/h6-7,13,16,18,20,22,24-27,29,32,36-38H,5,8-12,14-15,17H2,1-4H3,(H,35,39);13-20,22,25-27H,4-12H2,1-3H3,(H,28,29);2-5H,11H2,1H3;1H3;1H4/t18-,20+,22-,24-,25+,26+,27-,29+,32?,33+,34-;13-,14+,15-,16-,17+,18+,19-,20+,22?,23+,24-;;;/m11.../s1/i;;;1D;. The highest BCUT2D eigenvalue weighted by molar-refractivity contribution is 5.93. The number of hydrogen-bond donors (Lipinski definition) is 9. The first kappa shape index (κ1) is 65.7. The van der Waals surface area contributed by atoms with Crippen LogP contribution in [0.4, 0.5) is 15.8 Å². The number of aliphatic hydroxyl groups is 6. The molecule has 12 rings (SSSR count). The van der Waals surface area contributed by atoms with Crippen molar-refractivity contribution in [2.24, 2.45) is 92.7 Å². The average Bonchev–Trinajstić information content (AvgIpc) is 1.71.